The molecule has 2 saturated heterocycles. The van der Waals surface area contributed by atoms with E-state index in [0.29, 0.717) is 5.41 Å². The lowest BCUT2D eigenvalue weighted by molar-refractivity contribution is 0.00286. The van der Waals surface area contributed by atoms with Crippen LogP contribution in [0.5, 0.6) is 0 Å². The van der Waals surface area contributed by atoms with E-state index in [2.05, 4.69) is 37.4 Å². The lowest BCUT2D eigenvalue weighted by Crippen LogP contribution is -2.59. The van der Waals surface area contributed by atoms with Gasteiger partial charge < -0.3 is 0 Å². The van der Waals surface area contributed by atoms with Gasteiger partial charge in [-0.25, -0.2) is 0 Å². The summed E-state index contributed by atoms with van der Waals surface area (Å²) < 4.78 is 0. The summed E-state index contributed by atoms with van der Waals surface area (Å²) in [5, 5.41) is 0. The van der Waals surface area contributed by atoms with Crippen molar-refractivity contribution < 1.29 is 0 Å². The summed E-state index contributed by atoms with van der Waals surface area (Å²) in [6.45, 7) is 9.81. The zero-order valence-corrected chi connectivity index (χ0v) is 9.16. The van der Waals surface area contributed by atoms with Gasteiger partial charge in [0.1, 0.15) is 0 Å². The lowest BCUT2D eigenvalue weighted by Gasteiger charge is -2.52. The Morgan fingerprint density at radius 3 is 2.08 bits per heavy atom. The van der Waals surface area contributed by atoms with Crippen LogP contribution in [0.2, 0.25) is 0 Å². The third kappa shape index (κ3) is 1.51. The molecule has 2 aliphatic rings. The minimum atomic E-state index is 0.535. The summed E-state index contributed by atoms with van der Waals surface area (Å²) in [6, 6.07) is 0.939. The molecule has 0 radical (unpaired) electrons. The summed E-state index contributed by atoms with van der Waals surface area (Å²) >= 11 is 2.09. The Hall–Kier alpha value is 0.310. The van der Waals surface area contributed by atoms with Crippen molar-refractivity contribution in [2.75, 3.05) is 24.6 Å². The van der Waals surface area contributed by atoms with Crippen molar-refractivity contribution in [3.8, 4) is 0 Å². The summed E-state index contributed by atoms with van der Waals surface area (Å²) in [6.07, 6.45) is 0. The largest absolute Gasteiger partial charge is 0.298 e. The summed E-state index contributed by atoms with van der Waals surface area (Å²) in [5.74, 6) is 3.72. The first-order valence-corrected chi connectivity index (χ1v) is 6.04. The molecule has 70 valence electrons. The predicted molar refractivity (Wildman–Crippen MR) is 55.6 cm³/mol. The van der Waals surface area contributed by atoms with Crippen molar-refractivity contribution in [1.29, 1.82) is 0 Å². The predicted octanol–water partition coefficient (Wildman–Crippen LogP) is 2.08. The van der Waals surface area contributed by atoms with Gasteiger partial charge in [0.15, 0.2) is 0 Å². The van der Waals surface area contributed by atoms with E-state index < -0.39 is 0 Å². The minimum Gasteiger partial charge on any atom is -0.298 e. The molecule has 0 N–H and O–H groups in total. The van der Waals surface area contributed by atoms with Crippen LogP contribution in [0.1, 0.15) is 20.8 Å². The van der Waals surface area contributed by atoms with Crippen molar-refractivity contribution >= 4 is 11.8 Å². The van der Waals surface area contributed by atoms with Crippen molar-refractivity contribution in [2.45, 2.75) is 26.8 Å². The molecule has 0 spiro atoms. The monoisotopic (exact) mass is 185 g/mol. The van der Waals surface area contributed by atoms with Crippen LogP contribution in [0, 0.1) is 11.3 Å². The molecule has 0 saturated carbocycles. The van der Waals surface area contributed by atoms with Crippen LogP contribution in [0.4, 0.5) is 0 Å². The van der Waals surface area contributed by atoms with Gasteiger partial charge in [0.05, 0.1) is 0 Å². The maximum absolute atomic E-state index is 2.66. The fourth-order valence-electron chi connectivity index (χ4n) is 1.79. The van der Waals surface area contributed by atoms with Crippen LogP contribution in [-0.4, -0.2) is 35.5 Å². The fraction of sp³-hybridized carbons (Fsp3) is 1.00. The van der Waals surface area contributed by atoms with E-state index in [1.165, 1.54) is 24.6 Å². The van der Waals surface area contributed by atoms with Crippen LogP contribution in [-0.2, 0) is 0 Å². The van der Waals surface area contributed by atoms with Gasteiger partial charge in [-0.1, -0.05) is 20.8 Å². The first-order chi connectivity index (χ1) is 5.57. The lowest BCUT2D eigenvalue weighted by atomic mass is 9.75. The number of likely N-dealkylation sites (tertiary alicyclic amines) is 1. The molecule has 0 aliphatic carbocycles. The number of hydrogen-bond donors (Lipinski definition) is 0. The van der Waals surface area contributed by atoms with Crippen molar-refractivity contribution in [3.63, 3.8) is 0 Å². The van der Waals surface area contributed by atoms with E-state index in [1.807, 2.05) is 0 Å². The summed E-state index contributed by atoms with van der Waals surface area (Å²) in [4.78, 5) is 2.66. The van der Waals surface area contributed by atoms with Gasteiger partial charge in [-0.2, -0.15) is 11.8 Å². The van der Waals surface area contributed by atoms with Crippen LogP contribution >= 0.6 is 11.8 Å². The zero-order valence-electron chi connectivity index (χ0n) is 8.34. The maximum atomic E-state index is 2.66. The standard InChI is InChI=1S/C10H19NS/c1-10(2,3)8-4-11(5-8)9-6-12-7-9/h8-9H,4-7H2,1-3H3. The highest BCUT2D eigenvalue weighted by molar-refractivity contribution is 8.00. The first kappa shape index (κ1) is 8.89. The number of rotatable bonds is 1. The van der Waals surface area contributed by atoms with Gasteiger partial charge in [0.2, 0.25) is 0 Å². The molecule has 0 atom stereocenters. The van der Waals surface area contributed by atoms with Crippen LogP contribution in [0.15, 0.2) is 0 Å². The van der Waals surface area contributed by atoms with Gasteiger partial charge >= 0.3 is 0 Å². The van der Waals surface area contributed by atoms with Crippen molar-refractivity contribution in [1.82, 2.24) is 4.90 Å². The first-order valence-electron chi connectivity index (χ1n) is 4.89. The summed E-state index contributed by atoms with van der Waals surface area (Å²) in [7, 11) is 0. The molecule has 2 heterocycles. The molecule has 2 aliphatic heterocycles. The van der Waals surface area contributed by atoms with E-state index in [4.69, 9.17) is 0 Å². The molecule has 0 aromatic heterocycles. The Labute approximate surface area is 79.9 Å². The number of hydrogen-bond acceptors (Lipinski definition) is 2. The number of nitrogens with zero attached hydrogens (tertiary/aromatic N) is 1. The Balaban J connectivity index is 1.76. The molecule has 0 bridgehead atoms. The van der Waals surface area contributed by atoms with E-state index in [1.54, 1.807) is 0 Å². The van der Waals surface area contributed by atoms with Crippen LogP contribution in [0.25, 0.3) is 0 Å². The second kappa shape index (κ2) is 2.91. The molecule has 0 amide bonds. The smallest absolute Gasteiger partial charge is 0.0277 e. The Morgan fingerprint density at radius 2 is 1.75 bits per heavy atom. The molecule has 0 aromatic rings. The molecule has 2 rings (SSSR count). The fourth-order valence-corrected chi connectivity index (χ4v) is 2.66. The average Bonchev–Trinajstić information content (AvgIpc) is 1.67. The maximum Gasteiger partial charge on any atom is 0.0277 e. The molecule has 1 nitrogen and oxygen atoms in total. The van der Waals surface area contributed by atoms with Gasteiger partial charge in [-0.15, -0.1) is 0 Å². The Bertz CT molecular complexity index is 163. The van der Waals surface area contributed by atoms with Crippen molar-refractivity contribution in [3.05, 3.63) is 0 Å². The third-order valence-electron chi connectivity index (χ3n) is 3.27. The highest BCUT2D eigenvalue weighted by atomic mass is 32.2. The minimum absolute atomic E-state index is 0.535. The molecule has 0 aromatic carbocycles. The summed E-state index contributed by atoms with van der Waals surface area (Å²) in [5.41, 5.74) is 0.535. The number of thioether (sulfide) groups is 1. The Kier molecular flexibility index (Phi) is 2.16. The second-order valence-electron chi connectivity index (χ2n) is 5.21. The Morgan fingerprint density at radius 1 is 1.17 bits per heavy atom. The molecular formula is C10H19NS. The van der Waals surface area contributed by atoms with Gasteiger partial charge in [-0.3, -0.25) is 4.90 Å². The highest BCUT2D eigenvalue weighted by Gasteiger charge is 2.40. The average molecular weight is 185 g/mol. The second-order valence-corrected chi connectivity index (χ2v) is 6.28. The molecule has 2 heteroatoms. The quantitative estimate of drug-likeness (QED) is 0.615. The van der Waals surface area contributed by atoms with E-state index >= 15 is 0 Å². The normalized spacial score (nSPS) is 28.2. The zero-order chi connectivity index (χ0) is 8.77. The van der Waals surface area contributed by atoms with E-state index in [-0.39, 0.29) is 0 Å². The SMILES string of the molecule is CC(C)(C)C1CN(C2CSC2)C1. The van der Waals surface area contributed by atoms with Gasteiger partial charge in [-0.05, 0) is 11.3 Å². The van der Waals surface area contributed by atoms with Crippen molar-refractivity contribution in [2.24, 2.45) is 11.3 Å². The van der Waals surface area contributed by atoms with E-state index in [9.17, 15) is 0 Å². The molecule has 0 unspecified atom stereocenters. The molecule has 12 heavy (non-hydrogen) atoms. The topological polar surface area (TPSA) is 3.24 Å². The molecule has 2 fully saturated rings. The van der Waals surface area contributed by atoms with E-state index in [0.717, 1.165) is 12.0 Å². The highest BCUT2D eigenvalue weighted by Crippen LogP contribution is 2.37. The van der Waals surface area contributed by atoms with Gasteiger partial charge in [0.25, 0.3) is 0 Å². The van der Waals surface area contributed by atoms with Crippen LogP contribution < -0.4 is 0 Å². The third-order valence-corrected chi connectivity index (χ3v) is 4.51. The van der Waals surface area contributed by atoms with Crippen LogP contribution in [0.3, 0.4) is 0 Å². The van der Waals surface area contributed by atoms with Gasteiger partial charge in [0, 0.05) is 30.6 Å². The molecular weight excluding hydrogens is 166 g/mol.